The summed E-state index contributed by atoms with van der Waals surface area (Å²) in [6.07, 6.45) is 0. The van der Waals surface area contributed by atoms with Crippen LogP contribution in [0.25, 0.3) is 106 Å². The van der Waals surface area contributed by atoms with Gasteiger partial charge in [0.1, 0.15) is 11.2 Å². The van der Waals surface area contributed by atoms with Gasteiger partial charge in [-0.2, -0.15) is 0 Å². The molecular weight excluding hydrogens is 697 g/mol. The molecule has 0 aliphatic rings. The van der Waals surface area contributed by atoms with E-state index in [1.165, 1.54) is 21.9 Å². The Morgan fingerprint density at radius 2 is 0.982 bits per heavy atom. The van der Waals surface area contributed by atoms with Gasteiger partial charge in [-0.15, -0.1) is 0 Å². The molecule has 57 heavy (non-hydrogen) atoms. The third-order valence-electron chi connectivity index (χ3n) is 11.0. The van der Waals surface area contributed by atoms with E-state index < -0.39 is 0 Å². The van der Waals surface area contributed by atoms with Crippen LogP contribution in [0.3, 0.4) is 0 Å². The first kappa shape index (κ1) is 32.8. The highest BCUT2D eigenvalue weighted by atomic mass is 16.3. The van der Waals surface area contributed by atoms with Gasteiger partial charge in [0.2, 0.25) is 0 Å². The third-order valence-corrected chi connectivity index (χ3v) is 11.0. The fraction of sp³-hybridized carbons (Fsp3) is 0.0192. The van der Waals surface area contributed by atoms with Crippen molar-refractivity contribution in [1.29, 1.82) is 0 Å². The lowest BCUT2D eigenvalue weighted by Crippen LogP contribution is -2.04. The number of aryl methyl sites for hydroxylation is 1. The van der Waals surface area contributed by atoms with Crippen LogP contribution in [0.2, 0.25) is 0 Å². The number of nitrogens with zero attached hydrogens (tertiary/aromatic N) is 4. The summed E-state index contributed by atoms with van der Waals surface area (Å²) in [5.74, 6) is 1.80. The van der Waals surface area contributed by atoms with Crippen LogP contribution in [0.1, 0.15) is 5.56 Å². The molecule has 0 N–H and O–H groups in total. The Labute approximate surface area is 329 Å². The van der Waals surface area contributed by atoms with Crippen molar-refractivity contribution in [2.45, 2.75) is 6.92 Å². The SMILES string of the molecule is Cc1ccc(-c2ccc3c4ccccc4n(-c4ccc(-c5cccc6c5oc5ccccc56)cc4-c4nc(-c5ccccc5)nc(-c5ccccc5)n4)c3c2)cc1. The second kappa shape index (κ2) is 13.3. The molecule has 3 aromatic heterocycles. The molecule has 0 bridgehead atoms. The average Bonchev–Trinajstić information content (AvgIpc) is 3.82. The van der Waals surface area contributed by atoms with Crippen molar-refractivity contribution in [2.75, 3.05) is 0 Å². The zero-order valence-electron chi connectivity index (χ0n) is 31.1. The first-order valence-corrected chi connectivity index (χ1v) is 19.2. The number of benzene rings is 8. The molecule has 0 aliphatic heterocycles. The van der Waals surface area contributed by atoms with Crippen molar-refractivity contribution in [3.8, 4) is 62.1 Å². The summed E-state index contributed by atoms with van der Waals surface area (Å²) in [4.78, 5) is 15.6. The van der Waals surface area contributed by atoms with E-state index in [2.05, 4.69) is 127 Å². The molecule has 0 aliphatic carbocycles. The highest BCUT2D eigenvalue weighted by molar-refractivity contribution is 6.12. The molecule has 5 nitrogen and oxygen atoms in total. The molecule has 0 radical (unpaired) electrons. The fourth-order valence-corrected chi connectivity index (χ4v) is 8.14. The monoisotopic (exact) mass is 730 g/mol. The zero-order valence-corrected chi connectivity index (χ0v) is 31.1. The van der Waals surface area contributed by atoms with E-state index in [1.807, 2.05) is 72.8 Å². The summed E-state index contributed by atoms with van der Waals surface area (Å²) in [6.45, 7) is 2.12. The van der Waals surface area contributed by atoms with Crippen molar-refractivity contribution in [3.05, 3.63) is 194 Å². The first-order chi connectivity index (χ1) is 28.2. The minimum Gasteiger partial charge on any atom is -0.455 e. The topological polar surface area (TPSA) is 56.7 Å². The second-order valence-corrected chi connectivity index (χ2v) is 14.5. The quantitative estimate of drug-likeness (QED) is 0.171. The lowest BCUT2D eigenvalue weighted by molar-refractivity contribution is 0.670. The Kier molecular flexibility index (Phi) is 7.64. The maximum atomic E-state index is 6.57. The molecule has 5 heteroatoms. The van der Waals surface area contributed by atoms with Crippen LogP contribution in [0.5, 0.6) is 0 Å². The van der Waals surface area contributed by atoms with Crippen LogP contribution in [0.15, 0.2) is 192 Å². The molecule has 0 atom stereocenters. The molecule has 3 heterocycles. The summed E-state index contributed by atoms with van der Waals surface area (Å²) < 4.78 is 8.94. The van der Waals surface area contributed by atoms with Gasteiger partial charge in [0, 0.05) is 43.8 Å². The number of fused-ring (bicyclic) bond motifs is 6. The lowest BCUT2D eigenvalue weighted by atomic mass is 9.98. The molecule has 0 fully saturated rings. The van der Waals surface area contributed by atoms with Crippen LogP contribution in [0.4, 0.5) is 0 Å². The van der Waals surface area contributed by atoms with Crippen molar-refractivity contribution in [2.24, 2.45) is 0 Å². The lowest BCUT2D eigenvalue weighted by Gasteiger charge is -2.17. The smallest absolute Gasteiger partial charge is 0.166 e. The van der Waals surface area contributed by atoms with Gasteiger partial charge in [-0.05, 0) is 53.9 Å². The predicted octanol–water partition coefficient (Wildman–Crippen LogP) is 13.5. The molecule has 268 valence electrons. The van der Waals surface area contributed by atoms with Crippen molar-refractivity contribution < 1.29 is 4.42 Å². The van der Waals surface area contributed by atoms with Crippen molar-refractivity contribution >= 4 is 43.7 Å². The van der Waals surface area contributed by atoms with E-state index in [-0.39, 0.29) is 0 Å². The van der Waals surface area contributed by atoms with E-state index >= 15 is 0 Å². The molecule has 11 rings (SSSR count). The van der Waals surface area contributed by atoms with Crippen LogP contribution in [0, 0.1) is 6.92 Å². The number of para-hydroxylation sites is 3. The zero-order chi connectivity index (χ0) is 37.9. The normalized spacial score (nSPS) is 11.6. The number of furan rings is 1. The van der Waals surface area contributed by atoms with E-state index in [1.54, 1.807) is 0 Å². The van der Waals surface area contributed by atoms with Crippen molar-refractivity contribution in [3.63, 3.8) is 0 Å². The number of rotatable bonds is 6. The van der Waals surface area contributed by atoms with Gasteiger partial charge in [0.15, 0.2) is 17.5 Å². The molecule has 0 amide bonds. The maximum Gasteiger partial charge on any atom is 0.166 e. The Morgan fingerprint density at radius 3 is 1.74 bits per heavy atom. The van der Waals surface area contributed by atoms with E-state index in [4.69, 9.17) is 19.4 Å². The summed E-state index contributed by atoms with van der Waals surface area (Å²) in [5.41, 5.74) is 13.2. The van der Waals surface area contributed by atoms with Gasteiger partial charge in [-0.3, -0.25) is 0 Å². The number of aromatic nitrogens is 4. The number of hydrogen-bond donors (Lipinski definition) is 0. The molecule has 0 saturated carbocycles. The minimum absolute atomic E-state index is 0.581. The van der Waals surface area contributed by atoms with E-state index in [0.29, 0.717) is 17.5 Å². The maximum absolute atomic E-state index is 6.57. The van der Waals surface area contributed by atoms with Crippen LogP contribution >= 0.6 is 0 Å². The van der Waals surface area contributed by atoms with Crippen molar-refractivity contribution in [1.82, 2.24) is 19.5 Å². The summed E-state index contributed by atoms with van der Waals surface area (Å²) in [5, 5.41) is 4.53. The number of hydrogen-bond acceptors (Lipinski definition) is 4. The standard InChI is InChI=1S/C52H34N4O/c1-33-23-25-34(26-24-33)37-27-29-41-40-17-8-10-21-45(40)56(47(41)32-37)46-30-28-38(39-19-12-20-43-42-18-9-11-22-48(42)57-49(39)43)31-44(46)52-54-50(35-13-4-2-5-14-35)53-51(55-52)36-15-6-3-7-16-36/h2-32H,1H3. The molecule has 8 aromatic carbocycles. The second-order valence-electron chi connectivity index (χ2n) is 14.5. The Balaban J connectivity index is 1.22. The van der Waals surface area contributed by atoms with E-state index in [9.17, 15) is 0 Å². The van der Waals surface area contributed by atoms with Gasteiger partial charge in [0.05, 0.1) is 16.7 Å². The van der Waals surface area contributed by atoms with E-state index in [0.717, 1.165) is 72.0 Å². The van der Waals surface area contributed by atoms with Crippen LogP contribution in [-0.4, -0.2) is 19.5 Å². The van der Waals surface area contributed by atoms with Gasteiger partial charge < -0.3 is 8.98 Å². The Bertz CT molecular complexity index is 3230. The molecule has 0 unspecified atom stereocenters. The molecule has 0 spiro atoms. The summed E-state index contributed by atoms with van der Waals surface area (Å²) >= 11 is 0. The Hall–Kier alpha value is -7.63. The third kappa shape index (κ3) is 5.59. The highest BCUT2D eigenvalue weighted by Gasteiger charge is 2.22. The minimum atomic E-state index is 0.581. The van der Waals surface area contributed by atoms with Gasteiger partial charge in [-0.1, -0.05) is 163 Å². The van der Waals surface area contributed by atoms with Gasteiger partial charge >= 0.3 is 0 Å². The Morgan fingerprint density at radius 1 is 0.386 bits per heavy atom. The van der Waals surface area contributed by atoms with Gasteiger partial charge in [-0.25, -0.2) is 15.0 Å². The predicted molar refractivity (Wildman–Crippen MR) is 233 cm³/mol. The van der Waals surface area contributed by atoms with Gasteiger partial charge in [0.25, 0.3) is 0 Å². The summed E-state index contributed by atoms with van der Waals surface area (Å²) in [6, 6.07) is 65.7. The fourth-order valence-electron chi connectivity index (χ4n) is 8.14. The molecule has 0 saturated heterocycles. The van der Waals surface area contributed by atoms with Crippen LogP contribution in [-0.2, 0) is 0 Å². The van der Waals surface area contributed by atoms with Crippen LogP contribution < -0.4 is 0 Å². The molecular formula is C52H34N4O. The highest BCUT2D eigenvalue weighted by Crippen LogP contribution is 2.41. The molecule has 11 aromatic rings. The first-order valence-electron chi connectivity index (χ1n) is 19.2. The average molecular weight is 731 g/mol. The summed E-state index contributed by atoms with van der Waals surface area (Å²) in [7, 11) is 0. The largest absolute Gasteiger partial charge is 0.455 e.